The van der Waals surface area contributed by atoms with E-state index in [4.69, 9.17) is 10.5 Å². The zero-order valence-corrected chi connectivity index (χ0v) is 10.7. The largest absolute Gasteiger partial charge is 0.496 e. The molecule has 1 aromatic heterocycles. The first-order valence-electron chi connectivity index (χ1n) is 5.23. The van der Waals surface area contributed by atoms with Gasteiger partial charge in [-0.1, -0.05) is 6.07 Å². The van der Waals surface area contributed by atoms with E-state index in [0.717, 1.165) is 27.6 Å². The van der Waals surface area contributed by atoms with Crippen LogP contribution in [0.1, 0.15) is 5.56 Å². The average Bonchev–Trinajstić information content (AvgIpc) is 2.73. The standard InChI is InChI=1S/C12H15N3OS/c1-15-7-11(6-14-15)17-8-9-3-4-10(13)5-12(9)16-2/h3-7H,8,13H2,1-2H3. The normalized spacial score (nSPS) is 10.5. The van der Waals surface area contributed by atoms with Crippen LogP contribution >= 0.6 is 11.8 Å². The Kier molecular flexibility index (Phi) is 3.58. The van der Waals surface area contributed by atoms with Gasteiger partial charge in [0, 0.05) is 41.2 Å². The van der Waals surface area contributed by atoms with Crippen molar-refractivity contribution in [1.82, 2.24) is 9.78 Å². The molecule has 0 aliphatic heterocycles. The first-order valence-corrected chi connectivity index (χ1v) is 6.21. The van der Waals surface area contributed by atoms with Gasteiger partial charge in [-0.05, 0) is 6.07 Å². The van der Waals surface area contributed by atoms with Crippen LogP contribution < -0.4 is 10.5 Å². The molecule has 0 spiro atoms. The van der Waals surface area contributed by atoms with Gasteiger partial charge in [0.25, 0.3) is 0 Å². The molecule has 1 heterocycles. The topological polar surface area (TPSA) is 53.1 Å². The monoisotopic (exact) mass is 249 g/mol. The average molecular weight is 249 g/mol. The van der Waals surface area contributed by atoms with E-state index in [1.54, 1.807) is 23.6 Å². The number of aryl methyl sites for hydroxylation is 1. The van der Waals surface area contributed by atoms with Gasteiger partial charge in [-0.25, -0.2) is 0 Å². The van der Waals surface area contributed by atoms with Gasteiger partial charge in [-0.15, -0.1) is 11.8 Å². The van der Waals surface area contributed by atoms with Gasteiger partial charge < -0.3 is 10.5 Å². The Hall–Kier alpha value is -1.62. The van der Waals surface area contributed by atoms with Crippen molar-refractivity contribution in [3.05, 3.63) is 36.2 Å². The summed E-state index contributed by atoms with van der Waals surface area (Å²) in [5.74, 6) is 1.68. The van der Waals surface area contributed by atoms with Crippen LogP contribution in [0.15, 0.2) is 35.5 Å². The lowest BCUT2D eigenvalue weighted by Gasteiger charge is -2.08. The Balaban J connectivity index is 2.08. The van der Waals surface area contributed by atoms with Crippen molar-refractivity contribution >= 4 is 17.4 Å². The summed E-state index contributed by atoms with van der Waals surface area (Å²) in [6, 6.07) is 5.73. The van der Waals surface area contributed by atoms with Gasteiger partial charge in [0.1, 0.15) is 5.75 Å². The smallest absolute Gasteiger partial charge is 0.124 e. The first kappa shape index (κ1) is 11.9. The number of nitrogen functional groups attached to an aromatic ring is 1. The number of benzene rings is 1. The summed E-state index contributed by atoms with van der Waals surface area (Å²) in [6.07, 6.45) is 3.85. The summed E-state index contributed by atoms with van der Waals surface area (Å²) in [5.41, 5.74) is 7.57. The highest BCUT2D eigenvalue weighted by Crippen LogP contribution is 2.28. The Morgan fingerprint density at radius 1 is 1.47 bits per heavy atom. The third-order valence-corrected chi connectivity index (χ3v) is 3.39. The Bertz CT molecular complexity index is 510. The molecule has 0 fully saturated rings. The number of anilines is 1. The lowest BCUT2D eigenvalue weighted by atomic mass is 10.2. The number of ether oxygens (including phenoxy) is 1. The molecule has 0 amide bonds. The van der Waals surface area contributed by atoms with Crippen LogP contribution in [-0.2, 0) is 12.8 Å². The summed E-state index contributed by atoms with van der Waals surface area (Å²) in [6.45, 7) is 0. The Labute approximate surface area is 105 Å². The van der Waals surface area contributed by atoms with Crippen molar-refractivity contribution in [3.63, 3.8) is 0 Å². The van der Waals surface area contributed by atoms with Crippen molar-refractivity contribution in [2.45, 2.75) is 10.6 Å². The molecule has 0 atom stereocenters. The van der Waals surface area contributed by atoms with Crippen LogP contribution in [0.25, 0.3) is 0 Å². The van der Waals surface area contributed by atoms with E-state index in [0.29, 0.717) is 0 Å². The van der Waals surface area contributed by atoms with Crippen molar-refractivity contribution in [3.8, 4) is 5.75 Å². The van der Waals surface area contributed by atoms with E-state index < -0.39 is 0 Å². The molecule has 0 unspecified atom stereocenters. The molecule has 5 heteroatoms. The summed E-state index contributed by atoms with van der Waals surface area (Å²) in [7, 11) is 3.57. The lowest BCUT2D eigenvalue weighted by molar-refractivity contribution is 0.411. The number of rotatable bonds is 4. The van der Waals surface area contributed by atoms with Gasteiger partial charge in [-0.3, -0.25) is 4.68 Å². The maximum Gasteiger partial charge on any atom is 0.124 e. The lowest BCUT2D eigenvalue weighted by Crippen LogP contribution is -1.93. The zero-order chi connectivity index (χ0) is 12.3. The third-order valence-electron chi connectivity index (χ3n) is 2.39. The number of nitrogens with two attached hydrogens (primary N) is 1. The predicted octanol–water partition coefficient (Wildman–Crippen LogP) is 2.30. The van der Waals surface area contributed by atoms with Crippen LogP contribution in [0, 0.1) is 0 Å². The van der Waals surface area contributed by atoms with Gasteiger partial charge in [-0.2, -0.15) is 5.10 Å². The molecule has 0 saturated heterocycles. The highest BCUT2D eigenvalue weighted by atomic mass is 32.2. The first-order chi connectivity index (χ1) is 8.19. The molecule has 0 saturated carbocycles. The van der Waals surface area contributed by atoms with Crippen molar-refractivity contribution < 1.29 is 4.74 Å². The number of hydrogen-bond acceptors (Lipinski definition) is 4. The second-order valence-corrected chi connectivity index (χ2v) is 4.76. The Morgan fingerprint density at radius 2 is 2.29 bits per heavy atom. The predicted molar refractivity (Wildman–Crippen MR) is 70.2 cm³/mol. The second kappa shape index (κ2) is 5.14. The maximum atomic E-state index is 5.71. The molecule has 1 aromatic carbocycles. The summed E-state index contributed by atoms with van der Waals surface area (Å²) in [5, 5.41) is 4.13. The molecular formula is C12H15N3OS. The fourth-order valence-corrected chi connectivity index (χ4v) is 2.42. The van der Waals surface area contributed by atoms with E-state index in [1.165, 1.54) is 0 Å². The summed E-state index contributed by atoms with van der Waals surface area (Å²) >= 11 is 1.73. The zero-order valence-electron chi connectivity index (χ0n) is 9.88. The van der Waals surface area contributed by atoms with E-state index in [2.05, 4.69) is 5.10 Å². The molecular weight excluding hydrogens is 234 g/mol. The van der Waals surface area contributed by atoms with E-state index >= 15 is 0 Å². The molecule has 17 heavy (non-hydrogen) atoms. The highest BCUT2D eigenvalue weighted by Gasteiger charge is 2.05. The van der Waals surface area contributed by atoms with Crippen LogP contribution in [0.5, 0.6) is 5.75 Å². The maximum absolute atomic E-state index is 5.71. The molecule has 2 rings (SSSR count). The number of nitrogens with zero attached hydrogens (tertiary/aromatic N) is 2. The van der Waals surface area contributed by atoms with Gasteiger partial charge in [0.05, 0.1) is 13.3 Å². The fraction of sp³-hybridized carbons (Fsp3) is 0.250. The van der Waals surface area contributed by atoms with Crippen LogP contribution in [0.4, 0.5) is 5.69 Å². The van der Waals surface area contributed by atoms with E-state index in [9.17, 15) is 0 Å². The quantitative estimate of drug-likeness (QED) is 0.667. The van der Waals surface area contributed by atoms with Gasteiger partial charge in [0.15, 0.2) is 0 Å². The van der Waals surface area contributed by atoms with Crippen molar-refractivity contribution in [2.75, 3.05) is 12.8 Å². The van der Waals surface area contributed by atoms with Gasteiger partial charge in [0.2, 0.25) is 0 Å². The summed E-state index contributed by atoms with van der Waals surface area (Å²) < 4.78 is 7.10. The fourth-order valence-electron chi connectivity index (χ4n) is 1.51. The van der Waals surface area contributed by atoms with E-state index in [-0.39, 0.29) is 0 Å². The number of methoxy groups -OCH3 is 1. The van der Waals surface area contributed by atoms with Crippen molar-refractivity contribution in [2.24, 2.45) is 7.05 Å². The molecule has 0 aliphatic carbocycles. The SMILES string of the molecule is COc1cc(N)ccc1CSc1cnn(C)c1. The molecule has 0 radical (unpaired) electrons. The number of aromatic nitrogens is 2. The molecule has 90 valence electrons. The molecule has 0 bridgehead atoms. The number of hydrogen-bond donors (Lipinski definition) is 1. The van der Waals surface area contributed by atoms with Crippen LogP contribution in [0.2, 0.25) is 0 Å². The Morgan fingerprint density at radius 3 is 2.94 bits per heavy atom. The van der Waals surface area contributed by atoms with Crippen LogP contribution in [-0.4, -0.2) is 16.9 Å². The van der Waals surface area contributed by atoms with E-state index in [1.807, 2.05) is 37.6 Å². The molecule has 2 N–H and O–H groups in total. The number of thioether (sulfide) groups is 1. The molecule has 4 nitrogen and oxygen atoms in total. The summed E-state index contributed by atoms with van der Waals surface area (Å²) in [4.78, 5) is 1.14. The minimum atomic E-state index is 0.719. The second-order valence-electron chi connectivity index (χ2n) is 3.71. The highest BCUT2D eigenvalue weighted by molar-refractivity contribution is 7.98. The third kappa shape index (κ3) is 2.94. The minimum Gasteiger partial charge on any atom is -0.496 e. The van der Waals surface area contributed by atoms with Crippen LogP contribution in [0.3, 0.4) is 0 Å². The van der Waals surface area contributed by atoms with Gasteiger partial charge >= 0.3 is 0 Å². The molecule has 0 aliphatic rings. The minimum absolute atomic E-state index is 0.719. The molecule has 2 aromatic rings. The van der Waals surface area contributed by atoms with Crippen molar-refractivity contribution in [1.29, 1.82) is 0 Å².